The van der Waals surface area contributed by atoms with E-state index in [-0.39, 0.29) is 6.10 Å². The first-order valence-electron chi connectivity index (χ1n) is 6.65. The molecule has 1 N–H and O–H groups in total. The summed E-state index contributed by atoms with van der Waals surface area (Å²) in [6.45, 7) is 8.42. The molecule has 5 heteroatoms. The molecule has 0 aliphatic carbocycles. The van der Waals surface area contributed by atoms with Gasteiger partial charge in [0, 0.05) is 33.0 Å². The van der Waals surface area contributed by atoms with Gasteiger partial charge in [0.05, 0.1) is 12.3 Å². The van der Waals surface area contributed by atoms with Crippen molar-refractivity contribution in [3.05, 3.63) is 23.3 Å². The smallest absolute Gasteiger partial charge is 0.157 e. The summed E-state index contributed by atoms with van der Waals surface area (Å²) in [6.07, 6.45) is -0.0578. The highest BCUT2D eigenvalue weighted by Gasteiger charge is 2.18. The van der Waals surface area contributed by atoms with Gasteiger partial charge in [-0.25, -0.2) is 9.97 Å². The second-order valence-corrected chi connectivity index (χ2v) is 4.93. The normalized spacial score (nSPS) is 12.9. The van der Waals surface area contributed by atoms with Gasteiger partial charge in [-0.05, 0) is 18.9 Å². The summed E-state index contributed by atoms with van der Waals surface area (Å²) < 4.78 is 10.5. The number of aromatic nitrogens is 2. The van der Waals surface area contributed by atoms with Crippen molar-refractivity contribution < 1.29 is 9.47 Å². The fourth-order valence-electron chi connectivity index (χ4n) is 1.94. The molecule has 108 valence electrons. The summed E-state index contributed by atoms with van der Waals surface area (Å²) >= 11 is 0. The van der Waals surface area contributed by atoms with Crippen LogP contribution in [0.25, 0.3) is 0 Å². The van der Waals surface area contributed by atoms with Crippen molar-refractivity contribution in [1.29, 1.82) is 0 Å². The second-order valence-electron chi connectivity index (χ2n) is 4.93. The minimum absolute atomic E-state index is 0.0578. The molecule has 0 aliphatic heterocycles. The largest absolute Gasteiger partial charge is 0.383 e. The van der Waals surface area contributed by atoms with Crippen LogP contribution < -0.4 is 5.32 Å². The van der Waals surface area contributed by atoms with Gasteiger partial charge in [-0.1, -0.05) is 13.8 Å². The predicted octanol–water partition coefficient (Wildman–Crippen LogP) is 1.86. The zero-order chi connectivity index (χ0) is 14.3. The van der Waals surface area contributed by atoms with Crippen LogP contribution in [-0.4, -0.2) is 37.3 Å². The van der Waals surface area contributed by atoms with E-state index < -0.39 is 0 Å². The number of hydrogen-bond donors (Lipinski definition) is 1. The lowest BCUT2D eigenvalue weighted by atomic mass is 10.1. The Morgan fingerprint density at radius 2 is 2.00 bits per heavy atom. The van der Waals surface area contributed by atoms with Crippen molar-refractivity contribution in [3.63, 3.8) is 0 Å². The summed E-state index contributed by atoms with van der Waals surface area (Å²) in [5.74, 6) is 1.11. The molecule has 1 heterocycles. The van der Waals surface area contributed by atoms with Crippen molar-refractivity contribution >= 4 is 0 Å². The van der Waals surface area contributed by atoms with E-state index in [2.05, 4.69) is 29.1 Å². The van der Waals surface area contributed by atoms with Crippen LogP contribution in [0.2, 0.25) is 0 Å². The maximum Gasteiger partial charge on any atom is 0.157 e. The Balaban J connectivity index is 2.75. The first kappa shape index (κ1) is 16.0. The monoisotopic (exact) mass is 267 g/mol. The van der Waals surface area contributed by atoms with Crippen molar-refractivity contribution in [2.24, 2.45) is 5.92 Å². The van der Waals surface area contributed by atoms with Crippen LogP contribution in [-0.2, 0) is 16.0 Å². The molecular formula is C14H25N3O2. The van der Waals surface area contributed by atoms with Gasteiger partial charge in [0.2, 0.25) is 0 Å². The van der Waals surface area contributed by atoms with E-state index in [1.165, 1.54) is 0 Å². The van der Waals surface area contributed by atoms with Gasteiger partial charge in [-0.3, -0.25) is 0 Å². The Labute approximate surface area is 115 Å². The van der Waals surface area contributed by atoms with E-state index in [0.29, 0.717) is 19.1 Å². The lowest BCUT2D eigenvalue weighted by Crippen LogP contribution is -2.21. The van der Waals surface area contributed by atoms with E-state index in [0.717, 1.165) is 23.8 Å². The van der Waals surface area contributed by atoms with E-state index in [1.54, 1.807) is 14.2 Å². The number of rotatable bonds is 8. The van der Waals surface area contributed by atoms with Gasteiger partial charge in [0.1, 0.15) is 6.10 Å². The molecule has 1 aromatic heterocycles. The van der Waals surface area contributed by atoms with Crippen molar-refractivity contribution in [3.8, 4) is 0 Å². The lowest BCUT2D eigenvalue weighted by molar-refractivity contribution is 0.0571. The summed E-state index contributed by atoms with van der Waals surface area (Å²) in [4.78, 5) is 9.07. The van der Waals surface area contributed by atoms with Gasteiger partial charge in [-0.2, -0.15) is 0 Å². The molecule has 1 atom stereocenters. The Morgan fingerprint density at radius 1 is 1.26 bits per heavy atom. The highest BCUT2D eigenvalue weighted by atomic mass is 16.5. The van der Waals surface area contributed by atoms with Crippen LogP contribution in [0.5, 0.6) is 0 Å². The van der Waals surface area contributed by atoms with Crippen LogP contribution in [0.15, 0.2) is 6.07 Å². The third-order valence-electron chi connectivity index (χ3n) is 2.83. The quantitative estimate of drug-likeness (QED) is 0.729. The summed E-state index contributed by atoms with van der Waals surface area (Å²) in [7, 11) is 3.40. The molecule has 0 radical (unpaired) electrons. The van der Waals surface area contributed by atoms with Gasteiger partial charge in [0.25, 0.3) is 0 Å². The zero-order valence-corrected chi connectivity index (χ0v) is 12.6. The predicted molar refractivity (Wildman–Crippen MR) is 74.9 cm³/mol. The molecule has 19 heavy (non-hydrogen) atoms. The summed E-state index contributed by atoms with van der Waals surface area (Å²) in [5, 5.41) is 3.29. The molecule has 0 saturated heterocycles. The Hall–Kier alpha value is -1.04. The van der Waals surface area contributed by atoms with Gasteiger partial charge in [0.15, 0.2) is 5.82 Å². The average Bonchev–Trinajstić information content (AvgIpc) is 2.34. The topological polar surface area (TPSA) is 56.3 Å². The molecule has 0 bridgehead atoms. The Bertz CT molecular complexity index is 383. The molecule has 0 saturated carbocycles. The molecule has 1 aromatic rings. The number of nitrogens with zero attached hydrogens (tertiary/aromatic N) is 2. The van der Waals surface area contributed by atoms with Crippen molar-refractivity contribution in [1.82, 2.24) is 15.3 Å². The van der Waals surface area contributed by atoms with E-state index in [9.17, 15) is 0 Å². The minimum Gasteiger partial charge on any atom is -0.383 e. The van der Waals surface area contributed by atoms with Crippen molar-refractivity contribution in [2.75, 3.05) is 27.4 Å². The van der Waals surface area contributed by atoms with E-state index in [1.807, 2.05) is 13.0 Å². The van der Waals surface area contributed by atoms with Crippen LogP contribution in [0.4, 0.5) is 0 Å². The molecular weight excluding hydrogens is 242 g/mol. The SMILES string of the molecule is COCCNCc1cc(C)nc(C(OC)C(C)C)n1. The zero-order valence-electron chi connectivity index (χ0n) is 12.6. The summed E-state index contributed by atoms with van der Waals surface area (Å²) in [5.41, 5.74) is 1.96. The van der Waals surface area contributed by atoms with Crippen LogP contribution in [0.1, 0.15) is 37.2 Å². The highest BCUT2D eigenvalue weighted by molar-refractivity contribution is 5.11. The average molecular weight is 267 g/mol. The molecule has 0 aliphatic rings. The Kier molecular flexibility index (Phi) is 6.91. The fraction of sp³-hybridized carbons (Fsp3) is 0.714. The summed E-state index contributed by atoms with van der Waals surface area (Å²) in [6, 6.07) is 2.00. The van der Waals surface area contributed by atoms with Crippen LogP contribution >= 0.6 is 0 Å². The molecule has 1 unspecified atom stereocenters. The first-order chi connectivity index (χ1) is 9.08. The standard InChI is InChI=1S/C14H25N3O2/c1-10(2)13(19-5)14-16-11(3)8-12(17-14)9-15-6-7-18-4/h8,10,13,15H,6-7,9H2,1-5H3. The van der Waals surface area contributed by atoms with E-state index >= 15 is 0 Å². The molecule has 0 spiro atoms. The van der Waals surface area contributed by atoms with Gasteiger partial charge >= 0.3 is 0 Å². The number of methoxy groups -OCH3 is 2. The number of hydrogen-bond acceptors (Lipinski definition) is 5. The third kappa shape index (κ3) is 5.22. The molecule has 5 nitrogen and oxygen atoms in total. The van der Waals surface area contributed by atoms with Crippen molar-refractivity contribution in [2.45, 2.75) is 33.4 Å². The van der Waals surface area contributed by atoms with E-state index in [4.69, 9.17) is 9.47 Å². The minimum atomic E-state index is -0.0578. The first-order valence-corrected chi connectivity index (χ1v) is 6.65. The highest BCUT2D eigenvalue weighted by Crippen LogP contribution is 2.22. The fourth-order valence-corrected chi connectivity index (χ4v) is 1.94. The molecule has 0 fully saturated rings. The number of aryl methyl sites for hydroxylation is 1. The molecule has 0 amide bonds. The van der Waals surface area contributed by atoms with Crippen LogP contribution in [0, 0.1) is 12.8 Å². The van der Waals surface area contributed by atoms with Crippen LogP contribution in [0.3, 0.4) is 0 Å². The maximum absolute atomic E-state index is 5.49. The van der Waals surface area contributed by atoms with Gasteiger partial charge < -0.3 is 14.8 Å². The molecule has 1 rings (SSSR count). The Morgan fingerprint density at radius 3 is 2.58 bits per heavy atom. The number of nitrogens with one attached hydrogen (secondary N) is 1. The third-order valence-corrected chi connectivity index (χ3v) is 2.83. The van der Waals surface area contributed by atoms with Gasteiger partial charge in [-0.15, -0.1) is 0 Å². The number of ether oxygens (including phenoxy) is 2. The lowest BCUT2D eigenvalue weighted by Gasteiger charge is -2.18. The second kappa shape index (κ2) is 8.19. The molecule has 0 aromatic carbocycles. The maximum atomic E-state index is 5.49.